The normalized spacial score (nSPS) is 27.1. The van der Waals surface area contributed by atoms with Crippen LogP contribution >= 0.6 is 0 Å². The van der Waals surface area contributed by atoms with Gasteiger partial charge in [0, 0.05) is 12.8 Å². The van der Waals surface area contributed by atoms with E-state index in [4.69, 9.17) is 0 Å². The highest BCUT2D eigenvalue weighted by Gasteiger charge is 2.20. The van der Waals surface area contributed by atoms with Gasteiger partial charge in [0.1, 0.15) is 12.6 Å². The summed E-state index contributed by atoms with van der Waals surface area (Å²) in [4.78, 5) is 20.5. The van der Waals surface area contributed by atoms with Gasteiger partial charge in [-0.1, -0.05) is 19.3 Å². The maximum absolute atomic E-state index is 10.3. The Kier molecular flexibility index (Phi) is 5.50. The van der Waals surface area contributed by atoms with E-state index in [1.165, 1.54) is 25.7 Å². The summed E-state index contributed by atoms with van der Waals surface area (Å²) < 4.78 is 0. The molecule has 0 aromatic rings. The number of carbonyl (C=O) groups excluding carboxylic acids is 2. The molecule has 0 radical (unpaired) electrons. The zero-order valence-electron chi connectivity index (χ0n) is 8.78. The highest BCUT2D eigenvalue weighted by molar-refractivity contribution is 5.49. The average Bonchev–Trinajstić information content (AvgIpc) is 2.24. The molecule has 2 atom stereocenters. The zero-order chi connectivity index (χ0) is 10.2. The van der Waals surface area contributed by atoms with E-state index in [0.717, 1.165) is 37.2 Å². The predicted molar refractivity (Wildman–Crippen MR) is 56.0 cm³/mol. The highest BCUT2D eigenvalue weighted by atomic mass is 16.1. The van der Waals surface area contributed by atoms with Crippen LogP contribution in [-0.4, -0.2) is 12.6 Å². The summed E-state index contributed by atoms with van der Waals surface area (Å²) in [5.41, 5.74) is 0. The van der Waals surface area contributed by atoms with Gasteiger partial charge in [-0.15, -0.1) is 0 Å². The van der Waals surface area contributed by atoms with Gasteiger partial charge < -0.3 is 9.59 Å². The van der Waals surface area contributed by atoms with Gasteiger partial charge in [0.05, 0.1) is 0 Å². The van der Waals surface area contributed by atoms with Crippen LogP contribution in [0, 0.1) is 11.8 Å². The number of rotatable bonds is 6. The molecule has 0 aliphatic heterocycles. The molecule has 2 unspecified atom stereocenters. The Morgan fingerprint density at radius 2 is 1.43 bits per heavy atom. The third-order valence-corrected chi connectivity index (χ3v) is 3.28. The lowest BCUT2D eigenvalue weighted by Crippen LogP contribution is -2.15. The van der Waals surface area contributed by atoms with Gasteiger partial charge in [-0.2, -0.15) is 0 Å². The Hall–Kier alpha value is -0.660. The van der Waals surface area contributed by atoms with Crippen molar-refractivity contribution in [2.45, 2.75) is 51.4 Å². The van der Waals surface area contributed by atoms with Gasteiger partial charge in [0.25, 0.3) is 0 Å². The third-order valence-electron chi connectivity index (χ3n) is 3.28. The van der Waals surface area contributed by atoms with Gasteiger partial charge in [0.2, 0.25) is 0 Å². The lowest BCUT2D eigenvalue weighted by molar-refractivity contribution is -0.108. The van der Waals surface area contributed by atoms with Crippen molar-refractivity contribution in [1.29, 1.82) is 0 Å². The molecule has 0 spiro atoms. The maximum Gasteiger partial charge on any atom is 0.120 e. The molecule has 0 N–H and O–H groups in total. The van der Waals surface area contributed by atoms with Crippen LogP contribution in [-0.2, 0) is 9.59 Å². The van der Waals surface area contributed by atoms with E-state index < -0.39 is 0 Å². The second kappa shape index (κ2) is 6.74. The van der Waals surface area contributed by atoms with Crippen molar-refractivity contribution >= 4 is 12.6 Å². The molecule has 0 heterocycles. The van der Waals surface area contributed by atoms with Gasteiger partial charge in [0.15, 0.2) is 0 Å². The van der Waals surface area contributed by atoms with E-state index in [0.29, 0.717) is 12.8 Å². The fourth-order valence-corrected chi connectivity index (χ4v) is 2.53. The molecular weight excluding hydrogens is 176 g/mol. The Labute approximate surface area is 86.1 Å². The van der Waals surface area contributed by atoms with Crippen LogP contribution < -0.4 is 0 Å². The maximum atomic E-state index is 10.3. The molecule has 0 bridgehead atoms. The molecule has 1 aliphatic carbocycles. The summed E-state index contributed by atoms with van der Waals surface area (Å²) in [6.07, 6.45) is 10.7. The number of hydrogen-bond acceptors (Lipinski definition) is 2. The summed E-state index contributed by atoms with van der Waals surface area (Å²) in [5, 5.41) is 0. The molecule has 80 valence electrons. The van der Waals surface area contributed by atoms with Crippen molar-refractivity contribution < 1.29 is 9.59 Å². The molecule has 14 heavy (non-hydrogen) atoms. The Morgan fingerprint density at radius 3 is 1.86 bits per heavy atom. The quantitative estimate of drug-likeness (QED) is 0.612. The molecular formula is C12H20O2. The van der Waals surface area contributed by atoms with Crippen LogP contribution in [0.15, 0.2) is 0 Å². The minimum Gasteiger partial charge on any atom is -0.303 e. The molecule has 0 amide bonds. The zero-order valence-corrected chi connectivity index (χ0v) is 8.78. The largest absolute Gasteiger partial charge is 0.303 e. The van der Waals surface area contributed by atoms with Gasteiger partial charge in [-0.05, 0) is 31.1 Å². The summed E-state index contributed by atoms with van der Waals surface area (Å²) >= 11 is 0. The van der Waals surface area contributed by atoms with Crippen molar-refractivity contribution in [2.75, 3.05) is 0 Å². The van der Waals surface area contributed by atoms with E-state index in [9.17, 15) is 9.59 Å². The first-order valence-corrected chi connectivity index (χ1v) is 5.74. The fraction of sp³-hybridized carbons (Fsp3) is 0.833. The summed E-state index contributed by atoms with van der Waals surface area (Å²) in [6, 6.07) is 0. The van der Waals surface area contributed by atoms with Crippen LogP contribution in [0.25, 0.3) is 0 Å². The molecule has 1 saturated carbocycles. The van der Waals surface area contributed by atoms with Gasteiger partial charge in [-0.25, -0.2) is 0 Å². The fourth-order valence-electron chi connectivity index (χ4n) is 2.53. The monoisotopic (exact) mass is 196 g/mol. The van der Waals surface area contributed by atoms with Crippen molar-refractivity contribution in [1.82, 2.24) is 0 Å². The van der Waals surface area contributed by atoms with Gasteiger partial charge >= 0.3 is 0 Å². The minimum atomic E-state index is 0.713. The predicted octanol–water partition coefficient (Wildman–Crippen LogP) is 2.75. The third kappa shape index (κ3) is 4.03. The minimum absolute atomic E-state index is 0.713. The van der Waals surface area contributed by atoms with Crippen molar-refractivity contribution in [3.05, 3.63) is 0 Å². The average molecular weight is 196 g/mol. The number of aldehydes is 2. The Morgan fingerprint density at radius 1 is 0.929 bits per heavy atom. The molecule has 0 aromatic heterocycles. The molecule has 1 rings (SSSR count). The number of carbonyl (C=O) groups is 2. The van der Waals surface area contributed by atoms with E-state index in [2.05, 4.69) is 0 Å². The second-order valence-electron chi connectivity index (χ2n) is 4.39. The topological polar surface area (TPSA) is 34.1 Å². The lowest BCUT2D eigenvalue weighted by Gasteiger charge is -2.28. The van der Waals surface area contributed by atoms with E-state index in [1.807, 2.05) is 0 Å². The first-order chi connectivity index (χ1) is 6.86. The van der Waals surface area contributed by atoms with Crippen LogP contribution in [0.4, 0.5) is 0 Å². The van der Waals surface area contributed by atoms with Crippen molar-refractivity contribution in [2.24, 2.45) is 11.8 Å². The molecule has 0 saturated heterocycles. The molecule has 1 aliphatic rings. The lowest BCUT2D eigenvalue weighted by atomic mass is 9.78. The summed E-state index contributed by atoms with van der Waals surface area (Å²) in [6.45, 7) is 0. The molecule has 2 nitrogen and oxygen atoms in total. The summed E-state index contributed by atoms with van der Waals surface area (Å²) in [5.74, 6) is 1.48. The Bertz CT molecular complexity index is 159. The van der Waals surface area contributed by atoms with E-state index in [-0.39, 0.29) is 0 Å². The first-order valence-electron chi connectivity index (χ1n) is 5.74. The molecule has 1 fully saturated rings. The smallest absolute Gasteiger partial charge is 0.120 e. The second-order valence-corrected chi connectivity index (χ2v) is 4.39. The van der Waals surface area contributed by atoms with Crippen LogP contribution in [0.2, 0.25) is 0 Å². The van der Waals surface area contributed by atoms with Gasteiger partial charge in [-0.3, -0.25) is 0 Å². The Balaban J connectivity index is 2.20. The van der Waals surface area contributed by atoms with E-state index >= 15 is 0 Å². The highest BCUT2D eigenvalue weighted by Crippen LogP contribution is 2.33. The van der Waals surface area contributed by atoms with Crippen LogP contribution in [0.1, 0.15) is 51.4 Å². The molecule has 2 heteroatoms. The SMILES string of the molecule is O=CCCC1CCCC(CCC=O)C1. The first kappa shape index (κ1) is 11.4. The van der Waals surface area contributed by atoms with Crippen LogP contribution in [0.3, 0.4) is 0 Å². The number of hydrogen-bond donors (Lipinski definition) is 0. The van der Waals surface area contributed by atoms with Crippen molar-refractivity contribution in [3.8, 4) is 0 Å². The standard InChI is InChI=1S/C12H20O2/c13-8-2-6-11-4-1-5-12(10-11)7-3-9-14/h8-9,11-12H,1-7,10H2. The van der Waals surface area contributed by atoms with Crippen LogP contribution in [0.5, 0.6) is 0 Å². The van der Waals surface area contributed by atoms with E-state index in [1.54, 1.807) is 0 Å². The summed E-state index contributed by atoms with van der Waals surface area (Å²) in [7, 11) is 0. The molecule has 0 aromatic carbocycles. The van der Waals surface area contributed by atoms with Crippen molar-refractivity contribution in [3.63, 3.8) is 0 Å².